The predicted octanol–water partition coefficient (Wildman–Crippen LogP) is 4.44. The van der Waals surface area contributed by atoms with Gasteiger partial charge in [0.2, 0.25) is 0 Å². The number of halogens is 2. The summed E-state index contributed by atoms with van der Waals surface area (Å²) in [5.41, 5.74) is 1.75. The second kappa shape index (κ2) is 9.42. The molecule has 1 aromatic carbocycles. The number of fused-ring (bicyclic) bond motifs is 1. The highest BCUT2D eigenvalue weighted by Crippen LogP contribution is 2.31. The normalized spacial score (nSPS) is 12.8. The Labute approximate surface area is 153 Å². The van der Waals surface area contributed by atoms with Gasteiger partial charge in [0, 0.05) is 29.2 Å². The number of benzene rings is 1. The Morgan fingerprint density at radius 2 is 2.08 bits per heavy atom. The number of hydrogen-bond acceptors (Lipinski definition) is 4. The molecule has 0 fully saturated rings. The van der Waals surface area contributed by atoms with Crippen LogP contribution in [0.25, 0.3) is 10.9 Å². The third-order valence-electron chi connectivity index (χ3n) is 4.15. The third kappa shape index (κ3) is 5.21. The Morgan fingerprint density at radius 3 is 2.79 bits per heavy atom. The Kier molecular flexibility index (Phi) is 7.56. The second-order valence-electron chi connectivity index (χ2n) is 5.99. The number of aliphatic hydroxyl groups excluding tert-OH is 1. The molecule has 0 radical (unpaired) electrons. The number of nitrogens with zero attached hydrogens (tertiary/aromatic N) is 2. The van der Waals surface area contributed by atoms with Crippen molar-refractivity contribution in [2.45, 2.75) is 32.7 Å². The van der Waals surface area contributed by atoms with Gasteiger partial charge < -0.3 is 15.3 Å². The van der Waals surface area contributed by atoms with Gasteiger partial charge in [-0.1, -0.05) is 30.1 Å². The Bertz CT molecular complexity index is 666. The van der Waals surface area contributed by atoms with E-state index in [9.17, 15) is 0 Å². The first kappa shape index (κ1) is 19.3. The molecule has 6 heteroatoms. The second-order valence-corrected chi connectivity index (χ2v) is 6.83. The van der Waals surface area contributed by atoms with Crippen LogP contribution in [0.3, 0.4) is 0 Å². The summed E-state index contributed by atoms with van der Waals surface area (Å²) in [4.78, 5) is 6.59. The topological polar surface area (TPSA) is 48.4 Å². The molecule has 0 unspecified atom stereocenters. The van der Waals surface area contributed by atoms with E-state index in [1.165, 1.54) is 0 Å². The molecule has 0 spiro atoms. The van der Waals surface area contributed by atoms with E-state index in [1.807, 2.05) is 18.2 Å². The van der Waals surface area contributed by atoms with E-state index in [0.717, 1.165) is 49.1 Å². The fraction of sp³-hybridized carbons (Fsp3) is 0.500. The average molecular weight is 370 g/mol. The molecule has 1 heterocycles. The van der Waals surface area contributed by atoms with Crippen molar-refractivity contribution in [3.63, 3.8) is 0 Å². The average Bonchev–Trinajstić information content (AvgIpc) is 2.56. The van der Waals surface area contributed by atoms with Crippen LogP contribution in [0.5, 0.6) is 0 Å². The van der Waals surface area contributed by atoms with Crippen LogP contribution in [0.15, 0.2) is 24.4 Å². The van der Waals surface area contributed by atoms with Gasteiger partial charge in [-0.25, -0.2) is 0 Å². The lowest BCUT2D eigenvalue weighted by Crippen LogP contribution is -2.28. The molecule has 0 bridgehead atoms. The predicted molar refractivity (Wildman–Crippen MR) is 103 cm³/mol. The number of nitrogens with one attached hydrogen (secondary N) is 1. The summed E-state index contributed by atoms with van der Waals surface area (Å²) in [6, 6.07) is 5.94. The standard InChI is InChI=1S/C18H25Cl2N3O/c1-3-23(9-10-24)8-4-5-13(2)22-18-15-7-6-14(19)11-17(15)21-12-16(18)20/h6-7,11-13,24H,3-5,8-10H2,1-2H3,(H,21,22)/t13-/m0/s1. The van der Waals surface area contributed by atoms with E-state index < -0.39 is 0 Å². The zero-order valence-corrected chi connectivity index (χ0v) is 15.7. The van der Waals surface area contributed by atoms with Gasteiger partial charge in [0.25, 0.3) is 0 Å². The van der Waals surface area contributed by atoms with Crippen molar-refractivity contribution in [1.29, 1.82) is 0 Å². The van der Waals surface area contributed by atoms with E-state index >= 15 is 0 Å². The van der Waals surface area contributed by atoms with E-state index in [1.54, 1.807) is 6.20 Å². The van der Waals surface area contributed by atoms with Gasteiger partial charge in [-0.3, -0.25) is 4.98 Å². The fourth-order valence-corrected chi connectivity index (χ4v) is 3.17. The zero-order chi connectivity index (χ0) is 17.5. The van der Waals surface area contributed by atoms with Crippen LogP contribution < -0.4 is 5.32 Å². The molecule has 0 aliphatic rings. The molecule has 2 aromatic rings. The van der Waals surface area contributed by atoms with Crippen molar-refractivity contribution in [1.82, 2.24) is 9.88 Å². The van der Waals surface area contributed by atoms with E-state index in [0.29, 0.717) is 10.0 Å². The summed E-state index contributed by atoms with van der Waals surface area (Å²) in [5.74, 6) is 0. The first-order chi connectivity index (χ1) is 11.5. The van der Waals surface area contributed by atoms with Crippen molar-refractivity contribution in [3.05, 3.63) is 34.4 Å². The van der Waals surface area contributed by atoms with Crippen LogP contribution in [-0.4, -0.2) is 47.3 Å². The smallest absolute Gasteiger partial charge is 0.0827 e. The highest BCUT2D eigenvalue weighted by molar-refractivity contribution is 6.35. The highest BCUT2D eigenvalue weighted by Gasteiger charge is 2.11. The summed E-state index contributed by atoms with van der Waals surface area (Å²) in [6.07, 6.45) is 3.75. The lowest BCUT2D eigenvalue weighted by Gasteiger charge is -2.21. The van der Waals surface area contributed by atoms with Crippen molar-refractivity contribution >= 4 is 39.8 Å². The van der Waals surface area contributed by atoms with Crippen LogP contribution in [-0.2, 0) is 0 Å². The maximum Gasteiger partial charge on any atom is 0.0827 e. The minimum atomic E-state index is 0.211. The first-order valence-corrected chi connectivity index (χ1v) is 9.14. The molecule has 24 heavy (non-hydrogen) atoms. The number of aromatic nitrogens is 1. The molecule has 1 atom stereocenters. The van der Waals surface area contributed by atoms with E-state index in [2.05, 4.69) is 29.0 Å². The molecule has 1 aromatic heterocycles. The molecule has 0 saturated carbocycles. The number of aliphatic hydroxyl groups is 1. The molecular formula is C18H25Cl2N3O. The Hall–Kier alpha value is -1.07. The summed E-state index contributed by atoms with van der Waals surface area (Å²) < 4.78 is 0. The molecule has 0 amide bonds. The summed E-state index contributed by atoms with van der Waals surface area (Å²) >= 11 is 12.4. The lowest BCUT2D eigenvalue weighted by atomic mass is 10.1. The van der Waals surface area contributed by atoms with Gasteiger partial charge in [0.15, 0.2) is 0 Å². The number of rotatable bonds is 9. The van der Waals surface area contributed by atoms with Crippen LogP contribution in [0.2, 0.25) is 10.0 Å². The lowest BCUT2D eigenvalue weighted by molar-refractivity contribution is 0.199. The first-order valence-electron chi connectivity index (χ1n) is 8.38. The molecule has 4 nitrogen and oxygen atoms in total. The van der Waals surface area contributed by atoms with Crippen LogP contribution in [0, 0.1) is 0 Å². The molecule has 0 aliphatic carbocycles. The maximum absolute atomic E-state index is 9.04. The third-order valence-corrected chi connectivity index (χ3v) is 4.67. The van der Waals surface area contributed by atoms with Crippen molar-refractivity contribution in [2.75, 3.05) is 31.6 Å². The van der Waals surface area contributed by atoms with Gasteiger partial charge in [-0.2, -0.15) is 0 Å². The Morgan fingerprint density at radius 1 is 1.29 bits per heavy atom. The van der Waals surface area contributed by atoms with E-state index in [4.69, 9.17) is 28.3 Å². The molecule has 132 valence electrons. The van der Waals surface area contributed by atoms with Gasteiger partial charge in [-0.05, 0) is 51.1 Å². The minimum absolute atomic E-state index is 0.211. The van der Waals surface area contributed by atoms with Gasteiger partial charge in [0.05, 0.1) is 22.8 Å². The van der Waals surface area contributed by atoms with Gasteiger partial charge >= 0.3 is 0 Å². The highest BCUT2D eigenvalue weighted by atomic mass is 35.5. The summed E-state index contributed by atoms with van der Waals surface area (Å²) in [6.45, 7) is 7.17. The largest absolute Gasteiger partial charge is 0.395 e. The molecule has 0 aliphatic heterocycles. The van der Waals surface area contributed by atoms with Crippen LogP contribution >= 0.6 is 23.2 Å². The van der Waals surface area contributed by atoms with Crippen molar-refractivity contribution < 1.29 is 5.11 Å². The monoisotopic (exact) mass is 369 g/mol. The molecular weight excluding hydrogens is 345 g/mol. The quantitative estimate of drug-likeness (QED) is 0.685. The fourth-order valence-electron chi connectivity index (χ4n) is 2.80. The number of anilines is 1. The van der Waals surface area contributed by atoms with Crippen molar-refractivity contribution in [3.8, 4) is 0 Å². The molecule has 2 N–H and O–H groups in total. The molecule has 0 saturated heterocycles. The number of hydrogen-bond donors (Lipinski definition) is 2. The zero-order valence-electron chi connectivity index (χ0n) is 14.2. The molecule has 2 rings (SSSR count). The van der Waals surface area contributed by atoms with Crippen LogP contribution in [0.4, 0.5) is 5.69 Å². The number of pyridine rings is 1. The van der Waals surface area contributed by atoms with E-state index in [-0.39, 0.29) is 12.6 Å². The summed E-state index contributed by atoms with van der Waals surface area (Å²) in [5, 5.41) is 14.8. The Balaban J connectivity index is 2.00. The van der Waals surface area contributed by atoms with Gasteiger partial charge in [0.1, 0.15) is 0 Å². The van der Waals surface area contributed by atoms with Gasteiger partial charge in [-0.15, -0.1) is 0 Å². The van der Waals surface area contributed by atoms with Crippen LogP contribution in [0.1, 0.15) is 26.7 Å². The minimum Gasteiger partial charge on any atom is -0.395 e. The number of likely N-dealkylation sites (N-methyl/N-ethyl adjacent to an activating group) is 1. The van der Waals surface area contributed by atoms with Crippen molar-refractivity contribution in [2.24, 2.45) is 0 Å². The summed E-state index contributed by atoms with van der Waals surface area (Å²) in [7, 11) is 0. The maximum atomic E-state index is 9.04. The SMILES string of the molecule is CCN(CCO)CCC[C@H](C)Nc1c(Cl)cnc2cc(Cl)ccc12.